The maximum absolute atomic E-state index is 6.15. The van der Waals surface area contributed by atoms with Crippen LogP contribution in [-0.2, 0) is 11.3 Å². The lowest BCUT2D eigenvalue weighted by Crippen LogP contribution is -2.44. The molecule has 1 saturated heterocycles. The molecule has 1 fully saturated rings. The standard InChI is InChI=1S/C12H17ClN4OS/c1-16-2-4-18-9(8-16)6-14-7-10-11(13)15-12-17(10)3-5-19-12/h3,5,9,14H,2,4,6-8H2,1H3/t9-/m0/s1. The first-order valence-corrected chi connectivity index (χ1v) is 7.60. The third-order valence-corrected chi connectivity index (χ3v) is 4.38. The van der Waals surface area contributed by atoms with E-state index in [-0.39, 0.29) is 6.10 Å². The second-order valence-corrected chi connectivity index (χ2v) is 6.02. The average molecular weight is 301 g/mol. The minimum absolute atomic E-state index is 0.253. The first-order valence-electron chi connectivity index (χ1n) is 6.35. The molecular formula is C12H17ClN4OS. The Kier molecular flexibility index (Phi) is 4.04. The monoisotopic (exact) mass is 300 g/mol. The van der Waals surface area contributed by atoms with Crippen LogP contribution in [-0.4, -0.2) is 53.7 Å². The number of nitrogens with one attached hydrogen (secondary N) is 1. The molecule has 5 nitrogen and oxygen atoms in total. The summed E-state index contributed by atoms with van der Waals surface area (Å²) in [6.45, 7) is 4.34. The van der Waals surface area contributed by atoms with Crippen molar-refractivity contribution in [2.24, 2.45) is 0 Å². The summed E-state index contributed by atoms with van der Waals surface area (Å²) in [5, 5.41) is 6.01. The fourth-order valence-corrected chi connectivity index (χ4v) is 3.33. The number of ether oxygens (including phenoxy) is 1. The number of aromatic nitrogens is 2. The van der Waals surface area contributed by atoms with Crippen LogP contribution in [0.15, 0.2) is 11.6 Å². The molecule has 104 valence electrons. The quantitative estimate of drug-likeness (QED) is 0.928. The SMILES string of the molecule is CN1CCO[C@@H](CNCc2c(Cl)nc3sccn23)C1. The number of fused-ring (bicyclic) bond motifs is 1. The molecule has 0 amide bonds. The van der Waals surface area contributed by atoms with Gasteiger partial charge in [0.1, 0.15) is 0 Å². The van der Waals surface area contributed by atoms with E-state index in [1.807, 2.05) is 16.0 Å². The van der Waals surface area contributed by atoms with Crippen LogP contribution in [0.25, 0.3) is 4.96 Å². The summed E-state index contributed by atoms with van der Waals surface area (Å²) >= 11 is 7.74. The Morgan fingerprint density at radius 1 is 1.63 bits per heavy atom. The second-order valence-electron chi connectivity index (χ2n) is 4.79. The molecule has 1 aliphatic rings. The molecule has 1 atom stereocenters. The second kappa shape index (κ2) is 5.76. The highest BCUT2D eigenvalue weighted by Gasteiger charge is 2.18. The van der Waals surface area contributed by atoms with Crippen molar-refractivity contribution < 1.29 is 4.74 Å². The Morgan fingerprint density at radius 2 is 2.53 bits per heavy atom. The van der Waals surface area contributed by atoms with Crippen LogP contribution in [0.2, 0.25) is 5.15 Å². The highest BCUT2D eigenvalue weighted by molar-refractivity contribution is 7.15. The number of thiazole rings is 1. The highest BCUT2D eigenvalue weighted by Crippen LogP contribution is 2.21. The molecule has 7 heteroatoms. The zero-order valence-electron chi connectivity index (χ0n) is 10.8. The molecule has 1 aliphatic heterocycles. The van der Waals surface area contributed by atoms with E-state index in [0.29, 0.717) is 11.7 Å². The van der Waals surface area contributed by atoms with Crippen molar-refractivity contribution in [2.45, 2.75) is 12.6 Å². The largest absolute Gasteiger partial charge is 0.374 e. The van der Waals surface area contributed by atoms with E-state index in [0.717, 1.165) is 36.9 Å². The molecule has 2 aromatic heterocycles. The fourth-order valence-electron chi connectivity index (χ4n) is 2.31. The van der Waals surface area contributed by atoms with Gasteiger partial charge in [0.15, 0.2) is 10.1 Å². The zero-order valence-corrected chi connectivity index (χ0v) is 12.4. The molecule has 0 unspecified atom stereocenters. The third-order valence-electron chi connectivity index (χ3n) is 3.32. The number of morpholine rings is 1. The van der Waals surface area contributed by atoms with Crippen LogP contribution in [0.4, 0.5) is 0 Å². The van der Waals surface area contributed by atoms with Crippen LogP contribution in [0, 0.1) is 0 Å². The van der Waals surface area contributed by atoms with Crippen LogP contribution < -0.4 is 5.32 Å². The number of rotatable bonds is 4. The molecule has 0 radical (unpaired) electrons. The number of hydrogen-bond donors (Lipinski definition) is 1. The van der Waals surface area contributed by atoms with E-state index < -0.39 is 0 Å². The Labute approximate surface area is 121 Å². The van der Waals surface area contributed by atoms with Gasteiger partial charge < -0.3 is 15.0 Å². The van der Waals surface area contributed by atoms with Gasteiger partial charge in [-0.05, 0) is 7.05 Å². The highest BCUT2D eigenvalue weighted by atomic mass is 35.5. The predicted molar refractivity (Wildman–Crippen MR) is 77.0 cm³/mol. The van der Waals surface area contributed by atoms with Gasteiger partial charge in [-0.25, -0.2) is 4.98 Å². The number of hydrogen-bond acceptors (Lipinski definition) is 5. The molecule has 2 aromatic rings. The third kappa shape index (κ3) is 2.93. The topological polar surface area (TPSA) is 41.8 Å². The summed E-state index contributed by atoms with van der Waals surface area (Å²) in [6.07, 6.45) is 2.25. The lowest BCUT2D eigenvalue weighted by Gasteiger charge is -2.30. The zero-order chi connectivity index (χ0) is 13.2. The van der Waals surface area contributed by atoms with Crippen molar-refractivity contribution in [1.82, 2.24) is 19.6 Å². The summed E-state index contributed by atoms with van der Waals surface area (Å²) in [6, 6.07) is 0. The van der Waals surface area contributed by atoms with Crippen molar-refractivity contribution in [3.63, 3.8) is 0 Å². The van der Waals surface area contributed by atoms with Crippen molar-refractivity contribution in [1.29, 1.82) is 0 Å². The molecule has 0 aromatic carbocycles. The average Bonchev–Trinajstić information content (AvgIpc) is 2.92. The number of imidazole rings is 1. The Bertz CT molecular complexity index is 555. The molecule has 0 spiro atoms. The van der Waals surface area contributed by atoms with Crippen LogP contribution >= 0.6 is 22.9 Å². The predicted octanol–water partition coefficient (Wildman–Crippen LogP) is 1.47. The van der Waals surface area contributed by atoms with E-state index >= 15 is 0 Å². The van der Waals surface area contributed by atoms with Crippen LogP contribution in [0.5, 0.6) is 0 Å². The normalized spacial score (nSPS) is 21.3. The molecular weight excluding hydrogens is 284 g/mol. The number of halogens is 1. The summed E-state index contributed by atoms with van der Waals surface area (Å²) in [5.41, 5.74) is 1.02. The van der Waals surface area contributed by atoms with E-state index in [1.54, 1.807) is 11.3 Å². The van der Waals surface area contributed by atoms with Gasteiger partial charge in [-0.3, -0.25) is 4.40 Å². The summed E-state index contributed by atoms with van der Waals surface area (Å²) in [5.74, 6) is 0. The molecule has 3 rings (SSSR count). The van der Waals surface area contributed by atoms with Crippen LogP contribution in [0.1, 0.15) is 5.69 Å². The Hall–Kier alpha value is -0.660. The van der Waals surface area contributed by atoms with E-state index in [1.165, 1.54) is 0 Å². The summed E-state index contributed by atoms with van der Waals surface area (Å²) in [4.78, 5) is 7.55. The molecule has 0 aliphatic carbocycles. The lowest BCUT2D eigenvalue weighted by atomic mass is 10.3. The van der Waals surface area contributed by atoms with Crippen molar-refractivity contribution in [2.75, 3.05) is 33.3 Å². The molecule has 19 heavy (non-hydrogen) atoms. The van der Waals surface area contributed by atoms with Crippen molar-refractivity contribution in [3.8, 4) is 0 Å². The summed E-state index contributed by atoms with van der Waals surface area (Å²) < 4.78 is 7.75. The smallest absolute Gasteiger partial charge is 0.195 e. The number of likely N-dealkylation sites (N-methyl/N-ethyl adjacent to an activating group) is 1. The van der Waals surface area contributed by atoms with E-state index in [9.17, 15) is 0 Å². The van der Waals surface area contributed by atoms with E-state index in [2.05, 4.69) is 22.2 Å². The molecule has 0 saturated carbocycles. The minimum Gasteiger partial charge on any atom is -0.374 e. The van der Waals surface area contributed by atoms with Crippen LogP contribution in [0.3, 0.4) is 0 Å². The fraction of sp³-hybridized carbons (Fsp3) is 0.583. The van der Waals surface area contributed by atoms with Gasteiger partial charge in [0, 0.05) is 37.8 Å². The van der Waals surface area contributed by atoms with Gasteiger partial charge in [0.2, 0.25) is 0 Å². The van der Waals surface area contributed by atoms with Crippen molar-refractivity contribution >= 4 is 27.9 Å². The lowest BCUT2D eigenvalue weighted by molar-refractivity contribution is -0.0182. The van der Waals surface area contributed by atoms with Gasteiger partial charge in [0.05, 0.1) is 18.4 Å². The van der Waals surface area contributed by atoms with Gasteiger partial charge >= 0.3 is 0 Å². The molecule has 0 bridgehead atoms. The summed E-state index contributed by atoms with van der Waals surface area (Å²) in [7, 11) is 2.12. The van der Waals surface area contributed by atoms with E-state index in [4.69, 9.17) is 16.3 Å². The van der Waals surface area contributed by atoms with Gasteiger partial charge in [-0.15, -0.1) is 11.3 Å². The maximum Gasteiger partial charge on any atom is 0.195 e. The van der Waals surface area contributed by atoms with Gasteiger partial charge in [0.25, 0.3) is 0 Å². The maximum atomic E-state index is 6.15. The first kappa shape index (κ1) is 13.3. The van der Waals surface area contributed by atoms with Gasteiger partial charge in [-0.2, -0.15) is 0 Å². The Balaban J connectivity index is 1.57. The van der Waals surface area contributed by atoms with Gasteiger partial charge in [-0.1, -0.05) is 11.6 Å². The minimum atomic E-state index is 0.253. The first-order chi connectivity index (χ1) is 9.24. The number of nitrogens with zero attached hydrogens (tertiary/aromatic N) is 3. The molecule has 1 N–H and O–H groups in total. The van der Waals surface area contributed by atoms with Crippen molar-refractivity contribution in [3.05, 3.63) is 22.4 Å². The Morgan fingerprint density at radius 3 is 3.37 bits per heavy atom. The molecule has 3 heterocycles.